The molecule has 0 aliphatic rings. The molecule has 3 nitrogen and oxygen atoms in total. The van der Waals surface area contributed by atoms with Crippen LogP contribution in [0.15, 0.2) is 133 Å². The van der Waals surface area contributed by atoms with Crippen molar-refractivity contribution in [2.75, 3.05) is 14.1 Å². The van der Waals surface area contributed by atoms with E-state index in [0.717, 1.165) is 5.44 Å². The van der Waals surface area contributed by atoms with Gasteiger partial charge in [0.2, 0.25) is 0 Å². The molecule has 0 saturated carbocycles. The summed E-state index contributed by atoms with van der Waals surface area (Å²) in [5.74, 6) is -0.115. The Kier molecular flexibility index (Phi) is 8.65. The second kappa shape index (κ2) is 11.7. The summed E-state index contributed by atoms with van der Waals surface area (Å²) >= 11 is 0. The van der Waals surface area contributed by atoms with Crippen LogP contribution in [0.4, 0.5) is 0 Å². The third-order valence-corrected chi connectivity index (χ3v) is 9.62. The van der Waals surface area contributed by atoms with Crippen LogP contribution in [0.5, 0.6) is 0 Å². The van der Waals surface area contributed by atoms with Gasteiger partial charge in [0.05, 0.1) is 6.20 Å². The molecule has 0 bridgehead atoms. The average molecular weight is 487 g/mol. The first-order valence-electron chi connectivity index (χ1n) is 10.9. The molecule has 172 valence electrons. The van der Waals surface area contributed by atoms with Crippen LogP contribution in [-0.4, -0.2) is 24.9 Å². The van der Waals surface area contributed by atoms with E-state index in [1.165, 1.54) is 15.9 Å². The molecule has 0 unspecified atom stereocenters. The van der Waals surface area contributed by atoms with Crippen LogP contribution in [0.25, 0.3) is 0 Å². The normalized spacial score (nSPS) is 11.3. The van der Waals surface area contributed by atoms with E-state index in [1.807, 2.05) is 67.5 Å². The maximum atomic E-state index is 13.4. The molecule has 0 aliphatic heterocycles. The van der Waals surface area contributed by atoms with Gasteiger partial charge in [0, 0.05) is 19.7 Å². The second-order valence-electron chi connectivity index (χ2n) is 7.98. The molecule has 0 aliphatic carbocycles. The summed E-state index contributed by atoms with van der Waals surface area (Å²) in [6.45, 7) is 0. The zero-order chi connectivity index (χ0) is 23.1. The van der Waals surface area contributed by atoms with Gasteiger partial charge in [-0.1, -0.05) is 72.8 Å². The number of amides is 1. The summed E-state index contributed by atoms with van der Waals surface area (Å²) in [5, 5.41) is 6.88. The van der Waals surface area contributed by atoms with Crippen molar-refractivity contribution in [3.63, 3.8) is 0 Å². The number of rotatable bonds is 7. The summed E-state index contributed by atoms with van der Waals surface area (Å²) in [6, 6.07) is 40.9. The maximum Gasteiger partial charge on any atom is 0.258 e. The first-order chi connectivity index (χ1) is 16.1. The van der Waals surface area contributed by atoms with Gasteiger partial charge in [0.15, 0.2) is 12.7 Å². The van der Waals surface area contributed by atoms with Gasteiger partial charge in [-0.25, -0.2) is 0 Å². The number of hydrogen-bond acceptors (Lipinski definition) is 2. The third-order valence-electron chi connectivity index (χ3n) is 5.45. The van der Waals surface area contributed by atoms with Crippen molar-refractivity contribution >= 4 is 29.1 Å². The zero-order valence-electron chi connectivity index (χ0n) is 19.3. The van der Waals surface area contributed by atoms with Crippen LogP contribution < -0.4 is 33.6 Å². The van der Waals surface area contributed by atoms with Crippen LogP contribution in [-0.2, 0) is 0 Å². The highest BCUT2D eigenvalue weighted by Gasteiger charge is 2.50. The minimum absolute atomic E-state index is 0. The van der Waals surface area contributed by atoms with Crippen molar-refractivity contribution in [2.24, 2.45) is 0 Å². The molecule has 4 aromatic carbocycles. The highest BCUT2D eigenvalue weighted by atomic mass is 35.5. The summed E-state index contributed by atoms with van der Waals surface area (Å²) < 4.78 is 0. The van der Waals surface area contributed by atoms with E-state index >= 15 is 0 Å². The van der Waals surface area contributed by atoms with E-state index in [1.54, 1.807) is 0 Å². The van der Waals surface area contributed by atoms with Gasteiger partial charge in [-0.2, -0.15) is 0 Å². The minimum Gasteiger partial charge on any atom is -1.00 e. The van der Waals surface area contributed by atoms with Gasteiger partial charge < -0.3 is 17.3 Å². The van der Waals surface area contributed by atoms with Crippen molar-refractivity contribution in [3.05, 3.63) is 139 Å². The Morgan fingerprint density at radius 2 is 1.00 bits per heavy atom. The number of hydrogen-bond donors (Lipinski definition) is 1. The van der Waals surface area contributed by atoms with Crippen molar-refractivity contribution < 1.29 is 17.2 Å². The third kappa shape index (κ3) is 5.22. The molecule has 1 amide bonds. The molecule has 5 heteroatoms. The van der Waals surface area contributed by atoms with Gasteiger partial charge in [0.25, 0.3) is 5.91 Å². The Bertz CT molecular complexity index is 1120. The molecule has 0 spiro atoms. The van der Waals surface area contributed by atoms with E-state index in [-0.39, 0.29) is 18.3 Å². The number of carbonyl (C=O) groups excluding carboxylic acids is 1. The molecule has 0 saturated heterocycles. The molecule has 4 rings (SSSR count). The lowest BCUT2D eigenvalue weighted by molar-refractivity contribution is -0.0000148. The molecular weight excluding hydrogens is 459 g/mol. The van der Waals surface area contributed by atoms with E-state index in [2.05, 4.69) is 84.3 Å². The molecule has 0 atom stereocenters. The van der Waals surface area contributed by atoms with E-state index < -0.39 is 7.26 Å². The fraction of sp³-hybridized carbons (Fsp3) is 0.0690. The summed E-state index contributed by atoms with van der Waals surface area (Å²) in [6.07, 6.45) is 2.06. The van der Waals surface area contributed by atoms with Gasteiger partial charge >= 0.3 is 0 Å². The fourth-order valence-corrected chi connectivity index (χ4v) is 8.30. The number of halogens is 1. The van der Waals surface area contributed by atoms with Crippen LogP contribution in [0.1, 0.15) is 10.4 Å². The van der Waals surface area contributed by atoms with Crippen LogP contribution in [0.2, 0.25) is 0 Å². The van der Waals surface area contributed by atoms with E-state index in [9.17, 15) is 4.79 Å². The van der Waals surface area contributed by atoms with Gasteiger partial charge in [-0.15, -0.1) is 0 Å². The van der Waals surface area contributed by atoms with Crippen LogP contribution in [0.3, 0.4) is 0 Å². The smallest absolute Gasteiger partial charge is 0.258 e. The number of carbonyl (C=O) groups is 1. The Hall–Kier alpha value is -3.39. The first-order valence-corrected chi connectivity index (χ1v) is 12.7. The molecule has 0 heterocycles. The number of benzene rings is 4. The fourth-order valence-electron chi connectivity index (χ4n) is 4.04. The lowest BCUT2D eigenvalue weighted by Gasteiger charge is -2.30. The lowest BCUT2D eigenvalue weighted by Crippen LogP contribution is -3.00. The van der Waals surface area contributed by atoms with Crippen molar-refractivity contribution in [3.8, 4) is 0 Å². The Balaban J connectivity index is 0.00000324. The van der Waals surface area contributed by atoms with Crippen molar-refractivity contribution in [1.82, 2.24) is 10.2 Å². The zero-order valence-corrected chi connectivity index (χ0v) is 21.0. The molecule has 0 fully saturated rings. The lowest BCUT2D eigenvalue weighted by atomic mass is 10.2. The summed E-state index contributed by atoms with van der Waals surface area (Å²) in [5.41, 5.74) is 1.53. The molecule has 0 radical (unpaired) electrons. The summed E-state index contributed by atoms with van der Waals surface area (Å²) in [7, 11) is 1.58. The highest BCUT2D eigenvalue weighted by Crippen LogP contribution is 2.61. The molecule has 34 heavy (non-hydrogen) atoms. The standard InChI is InChI=1S/C29H27N2OP.ClH/c1-31(2)23-28(30-29(32)24-15-7-3-8-16-24)33(25-17-9-4-10-18-25,26-19-11-5-12-20-26)27-21-13-6-14-22-27;/h3-23H,1-2H3;1H. The van der Waals surface area contributed by atoms with Gasteiger partial charge in [-0.05, 0) is 48.5 Å². The van der Waals surface area contributed by atoms with E-state index in [4.69, 9.17) is 0 Å². The highest BCUT2D eigenvalue weighted by molar-refractivity contribution is 7.99. The van der Waals surface area contributed by atoms with Crippen LogP contribution in [0, 0.1) is 0 Å². The quantitative estimate of drug-likeness (QED) is 0.404. The largest absolute Gasteiger partial charge is 1.00 e. The Morgan fingerprint density at radius 1 is 0.647 bits per heavy atom. The molecule has 1 N–H and O–H groups in total. The Labute approximate surface area is 208 Å². The predicted octanol–water partition coefficient (Wildman–Crippen LogP) is 1.77. The van der Waals surface area contributed by atoms with Crippen LogP contribution >= 0.6 is 7.26 Å². The molecule has 0 aromatic heterocycles. The topological polar surface area (TPSA) is 32.3 Å². The second-order valence-corrected chi connectivity index (χ2v) is 11.3. The van der Waals surface area contributed by atoms with Gasteiger partial charge in [-0.3, -0.25) is 10.1 Å². The molecule has 4 aromatic rings. The average Bonchev–Trinajstić information content (AvgIpc) is 2.87. The SMILES string of the molecule is CN(C)C=C(NC(=O)c1ccccc1)[P+](c1ccccc1)(c1ccccc1)c1ccccc1.[Cl-]. The number of nitrogens with zero attached hydrogens (tertiary/aromatic N) is 1. The summed E-state index contributed by atoms with van der Waals surface area (Å²) in [4.78, 5) is 15.4. The monoisotopic (exact) mass is 486 g/mol. The van der Waals surface area contributed by atoms with Crippen molar-refractivity contribution in [1.29, 1.82) is 0 Å². The first kappa shape index (κ1) is 25.2. The van der Waals surface area contributed by atoms with Gasteiger partial charge in [0.1, 0.15) is 15.9 Å². The Morgan fingerprint density at radius 3 is 1.35 bits per heavy atom. The number of nitrogens with one attached hydrogen (secondary N) is 1. The molecular formula is C29H28ClN2OP. The predicted molar refractivity (Wildman–Crippen MR) is 141 cm³/mol. The minimum atomic E-state index is -2.40. The van der Waals surface area contributed by atoms with Crippen molar-refractivity contribution in [2.45, 2.75) is 0 Å². The van der Waals surface area contributed by atoms with E-state index in [0.29, 0.717) is 5.56 Å². The maximum absolute atomic E-state index is 13.4.